The van der Waals surface area contributed by atoms with Gasteiger partial charge >= 0.3 is 6.03 Å². The number of amides is 4. The number of carbonyl (C=O) groups is 3. The van der Waals surface area contributed by atoms with Crippen LogP contribution in [0.2, 0.25) is 0 Å². The number of fused-ring (bicyclic) bond motifs is 2. The van der Waals surface area contributed by atoms with Crippen LogP contribution in [0.3, 0.4) is 0 Å². The summed E-state index contributed by atoms with van der Waals surface area (Å²) in [5, 5.41) is 2.85. The van der Waals surface area contributed by atoms with Gasteiger partial charge in [0.15, 0.2) is 0 Å². The first-order valence-corrected chi connectivity index (χ1v) is 9.02. The minimum absolute atomic E-state index is 0.252. The van der Waals surface area contributed by atoms with Gasteiger partial charge in [-0.2, -0.15) is 0 Å². The van der Waals surface area contributed by atoms with Crippen LogP contribution in [0.15, 0.2) is 54.6 Å². The lowest BCUT2D eigenvalue weighted by atomic mass is 9.92. The molecule has 1 fully saturated rings. The first kappa shape index (κ1) is 17.3. The molecule has 1 aliphatic heterocycles. The average Bonchev–Trinajstić information content (AvgIpc) is 3.16. The van der Waals surface area contributed by atoms with Crippen LogP contribution in [0, 0.1) is 0 Å². The number of benzene rings is 2. The fourth-order valence-corrected chi connectivity index (χ4v) is 3.93. The van der Waals surface area contributed by atoms with E-state index in [1.807, 2.05) is 54.6 Å². The van der Waals surface area contributed by atoms with Crippen molar-refractivity contribution in [3.05, 3.63) is 71.3 Å². The van der Waals surface area contributed by atoms with Crippen LogP contribution < -0.4 is 5.32 Å². The molecular weight excluding hydrogens is 342 g/mol. The van der Waals surface area contributed by atoms with Gasteiger partial charge in [-0.3, -0.25) is 14.5 Å². The van der Waals surface area contributed by atoms with Gasteiger partial charge in [0.2, 0.25) is 5.91 Å². The molecule has 2 aromatic rings. The zero-order chi connectivity index (χ0) is 19.0. The van der Waals surface area contributed by atoms with Gasteiger partial charge in [0.25, 0.3) is 5.91 Å². The molecule has 138 valence electrons. The minimum atomic E-state index is -1.02. The lowest BCUT2D eigenvalue weighted by Crippen LogP contribution is -2.44. The molecule has 2 aliphatic rings. The Morgan fingerprint density at radius 2 is 1.81 bits per heavy atom. The molecule has 1 N–H and O–H groups in total. The number of carbonyl (C=O) groups excluding carboxylic acids is 3. The molecule has 4 amide bonds. The standard InChI is InChI=1S/C21H21N3O3/c1-23(13-15-7-3-2-4-8-15)18(25)14-24-19(26)21(22-20(24)27)12-11-16-9-5-6-10-17(16)21/h2-10H,11-14H2,1H3,(H,22,27)/t21-/m0/s1. The van der Waals surface area contributed by atoms with Crippen LogP contribution in [0.25, 0.3) is 0 Å². The largest absolute Gasteiger partial charge is 0.340 e. The fourth-order valence-electron chi connectivity index (χ4n) is 3.93. The Bertz CT molecular complexity index is 912. The highest BCUT2D eigenvalue weighted by Gasteiger charge is 2.55. The van der Waals surface area contributed by atoms with Gasteiger partial charge in [0.05, 0.1) is 0 Å². The number of urea groups is 1. The van der Waals surface area contributed by atoms with Crippen molar-refractivity contribution < 1.29 is 14.4 Å². The molecule has 6 heteroatoms. The van der Waals surface area contributed by atoms with Crippen molar-refractivity contribution >= 4 is 17.8 Å². The molecule has 6 nitrogen and oxygen atoms in total. The molecule has 0 radical (unpaired) electrons. The smallest absolute Gasteiger partial charge is 0.325 e. The summed E-state index contributed by atoms with van der Waals surface area (Å²) in [6.45, 7) is 0.176. The molecule has 0 bridgehead atoms. The third-order valence-electron chi connectivity index (χ3n) is 5.40. The molecule has 0 unspecified atom stereocenters. The Morgan fingerprint density at radius 1 is 1.11 bits per heavy atom. The van der Waals surface area contributed by atoms with E-state index in [1.165, 1.54) is 4.90 Å². The lowest BCUT2D eigenvalue weighted by molar-refractivity contribution is -0.138. The maximum Gasteiger partial charge on any atom is 0.325 e. The summed E-state index contributed by atoms with van der Waals surface area (Å²) >= 11 is 0. The molecule has 1 aliphatic carbocycles. The van der Waals surface area contributed by atoms with Crippen LogP contribution in [0.5, 0.6) is 0 Å². The van der Waals surface area contributed by atoms with E-state index in [0.29, 0.717) is 13.0 Å². The second-order valence-electron chi connectivity index (χ2n) is 7.12. The highest BCUT2D eigenvalue weighted by atomic mass is 16.2. The van der Waals surface area contributed by atoms with Crippen LogP contribution in [-0.2, 0) is 28.1 Å². The number of nitrogens with one attached hydrogen (secondary N) is 1. The van der Waals surface area contributed by atoms with Gasteiger partial charge in [-0.05, 0) is 29.5 Å². The number of aryl methyl sites for hydroxylation is 1. The van der Waals surface area contributed by atoms with Crippen LogP contribution in [0.4, 0.5) is 4.79 Å². The van der Waals surface area contributed by atoms with Crippen LogP contribution in [0.1, 0.15) is 23.1 Å². The number of rotatable bonds is 4. The first-order valence-electron chi connectivity index (χ1n) is 9.02. The molecule has 1 atom stereocenters. The van der Waals surface area contributed by atoms with Crippen molar-refractivity contribution in [2.45, 2.75) is 24.9 Å². The quantitative estimate of drug-likeness (QED) is 0.845. The third kappa shape index (κ3) is 2.87. The zero-order valence-electron chi connectivity index (χ0n) is 15.1. The third-order valence-corrected chi connectivity index (χ3v) is 5.40. The van der Waals surface area contributed by atoms with Crippen molar-refractivity contribution in [3.63, 3.8) is 0 Å². The lowest BCUT2D eigenvalue weighted by Gasteiger charge is -2.23. The highest BCUT2D eigenvalue weighted by molar-refractivity contribution is 6.09. The predicted octanol–water partition coefficient (Wildman–Crippen LogP) is 2.04. The molecular formula is C21H21N3O3. The van der Waals surface area contributed by atoms with Gasteiger partial charge in [-0.15, -0.1) is 0 Å². The van der Waals surface area contributed by atoms with Gasteiger partial charge in [-0.1, -0.05) is 54.6 Å². The normalized spacial score (nSPS) is 20.7. The number of imide groups is 1. The summed E-state index contributed by atoms with van der Waals surface area (Å²) in [4.78, 5) is 40.8. The average molecular weight is 363 g/mol. The summed E-state index contributed by atoms with van der Waals surface area (Å²) in [5.74, 6) is -0.607. The Morgan fingerprint density at radius 3 is 2.59 bits per heavy atom. The maximum absolute atomic E-state index is 13.1. The Kier molecular flexibility index (Phi) is 4.18. The predicted molar refractivity (Wildman–Crippen MR) is 99.6 cm³/mol. The van der Waals surface area contributed by atoms with E-state index in [2.05, 4.69) is 5.32 Å². The van der Waals surface area contributed by atoms with E-state index in [4.69, 9.17) is 0 Å². The summed E-state index contributed by atoms with van der Waals surface area (Å²) in [6.07, 6.45) is 1.26. The summed E-state index contributed by atoms with van der Waals surface area (Å²) < 4.78 is 0. The zero-order valence-corrected chi connectivity index (χ0v) is 15.1. The minimum Gasteiger partial charge on any atom is -0.340 e. The molecule has 1 heterocycles. The maximum atomic E-state index is 13.1. The van der Waals surface area contributed by atoms with Gasteiger partial charge < -0.3 is 10.2 Å². The van der Waals surface area contributed by atoms with Gasteiger partial charge in [0, 0.05) is 13.6 Å². The molecule has 27 heavy (non-hydrogen) atoms. The molecule has 0 saturated carbocycles. The van der Waals surface area contributed by atoms with E-state index in [9.17, 15) is 14.4 Å². The molecule has 1 saturated heterocycles. The summed E-state index contributed by atoms with van der Waals surface area (Å²) in [5.41, 5.74) is 1.88. The van der Waals surface area contributed by atoms with E-state index in [-0.39, 0.29) is 18.4 Å². The van der Waals surface area contributed by atoms with Crippen molar-refractivity contribution in [3.8, 4) is 0 Å². The van der Waals surface area contributed by atoms with Gasteiger partial charge in [-0.25, -0.2) is 4.79 Å². The topological polar surface area (TPSA) is 69.7 Å². The molecule has 1 spiro atoms. The molecule has 4 rings (SSSR count). The number of hydrogen-bond acceptors (Lipinski definition) is 3. The Labute approximate surface area is 157 Å². The summed E-state index contributed by atoms with van der Waals surface area (Å²) in [7, 11) is 1.68. The number of nitrogens with zero attached hydrogens (tertiary/aromatic N) is 2. The van der Waals surface area contributed by atoms with Crippen molar-refractivity contribution in [1.82, 2.24) is 15.1 Å². The Hall–Kier alpha value is -3.15. The molecule has 2 aromatic carbocycles. The van der Waals surface area contributed by atoms with Crippen molar-refractivity contribution in [2.24, 2.45) is 0 Å². The number of hydrogen-bond donors (Lipinski definition) is 1. The first-order chi connectivity index (χ1) is 13.0. The Balaban J connectivity index is 1.49. The van der Waals surface area contributed by atoms with Gasteiger partial charge in [0.1, 0.15) is 12.1 Å². The van der Waals surface area contributed by atoms with Crippen LogP contribution in [-0.4, -0.2) is 41.2 Å². The fraction of sp³-hybridized carbons (Fsp3) is 0.286. The van der Waals surface area contributed by atoms with Crippen molar-refractivity contribution in [2.75, 3.05) is 13.6 Å². The highest BCUT2D eigenvalue weighted by Crippen LogP contribution is 2.41. The van der Waals surface area contributed by atoms with E-state index >= 15 is 0 Å². The van der Waals surface area contributed by atoms with E-state index in [0.717, 1.165) is 28.0 Å². The number of likely N-dealkylation sites (N-methyl/N-ethyl adjacent to an activating group) is 1. The second kappa shape index (κ2) is 6.54. The SMILES string of the molecule is CN(Cc1ccccc1)C(=O)CN1C(=O)N[C@]2(CCc3ccccc32)C1=O. The second-order valence-corrected chi connectivity index (χ2v) is 7.12. The van der Waals surface area contributed by atoms with Crippen LogP contribution >= 0.6 is 0 Å². The van der Waals surface area contributed by atoms with E-state index in [1.54, 1.807) is 7.05 Å². The van der Waals surface area contributed by atoms with Crippen molar-refractivity contribution in [1.29, 1.82) is 0 Å². The monoisotopic (exact) mass is 363 g/mol. The van der Waals surface area contributed by atoms with E-state index < -0.39 is 11.6 Å². The summed E-state index contributed by atoms with van der Waals surface area (Å²) in [6, 6.07) is 16.8. The molecule has 0 aromatic heterocycles.